The number of amides is 1. The fraction of sp³-hybridized carbons (Fsp3) is 0.286. The lowest BCUT2D eigenvalue weighted by molar-refractivity contribution is 0.0601. The number of halogens is 1. The molecule has 1 aliphatic carbocycles. The molecule has 3 rings (SSSR count). The minimum Gasteiger partial charge on any atom is -0.465 e. The number of anilines is 1. The van der Waals surface area contributed by atoms with E-state index in [1.54, 1.807) is 11.4 Å². The molecule has 0 saturated heterocycles. The van der Waals surface area contributed by atoms with E-state index in [-0.39, 0.29) is 11.9 Å². The number of nitrogens with one attached hydrogen (secondary N) is 1. The highest BCUT2D eigenvalue weighted by molar-refractivity contribution is 9.11. The highest BCUT2D eigenvalue weighted by atomic mass is 79.9. The zero-order valence-corrected chi connectivity index (χ0v) is 14.4. The lowest BCUT2D eigenvalue weighted by atomic mass is 10.1. The number of ether oxygens (including phenoxy) is 1. The van der Waals surface area contributed by atoms with Gasteiger partial charge in [0.2, 0.25) is 0 Å². The summed E-state index contributed by atoms with van der Waals surface area (Å²) < 4.78 is 5.76. The standard InChI is InChI=1S/C14H12BrNO3S2/c1-19-14(18)11-8-3-2-4-9(8)21-13(11)16-12(17)7-5-10(15)20-6-7/h5-6H,2-4H2,1H3,(H,16,17). The predicted molar refractivity (Wildman–Crippen MR) is 87.7 cm³/mol. The van der Waals surface area contributed by atoms with Gasteiger partial charge in [-0.3, -0.25) is 4.79 Å². The molecule has 0 unspecified atom stereocenters. The first-order valence-electron chi connectivity index (χ1n) is 6.38. The Morgan fingerprint density at radius 2 is 2.19 bits per heavy atom. The Bertz CT molecular complexity index is 720. The summed E-state index contributed by atoms with van der Waals surface area (Å²) in [7, 11) is 1.36. The first-order chi connectivity index (χ1) is 10.1. The van der Waals surface area contributed by atoms with Crippen LogP contribution in [0.4, 0.5) is 5.00 Å². The minimum absolute atomic E-state index is 0.206. The molecule has 0 aliphatic heterocycles. The van der Waals surface area contributed by atoms with E-state index in [9.17, 15) is 9.59 Å². The van der Waals surface area contributed by atoms with Crippen molar-refractivity contribution < 1.29 is 14.3 Å². The molecule has 4 nitrogen and oxygen atoms in total. The van der Waals surface area contributed by atoms with Crippen LogP contribution in [-0.2, 0) is 17.6 Å². The van der Waals surface area contributed by atoms with Crippen molar-refractivity contribution in [2.75, 3.05) is 12.4 Å². The van der Waals surface area contributed by atoms with Gasteiger partial charge in [0.05, 0.1) is 22.0 Å². The molecule has 0 saturated carbocycles. The zero-order valence-electron chi connectivity index (χ0n) is 11.2. The van der Waals surface area contributed by atoms with Gasteiger partial charge in [-0.15, -0.1) is 22.7 Å². The van der Waals surface area contributed by atoms with Gasteiger partial charge in [-0.25, -0.2) is 4.79 Å². The van der Waals surface area contributed by atoms with E-state index < -0.39 is 0 Å². The third-order valence-electron chi connectivity index (χ3n) is 3.37. The van der Waals surface area contributed by atoms with Crippen molar-refractivity contribution in [1.29, 1.82) is 0 Å². The van der Waals surface area contributed by atoms with E-state index in [4.69, 9.17) is 4.74 Å². The fourth-order valence-corrected chi connectivity index (χ4v) is 4.82. The first-order valence-corrected chi connectivity index (χ1v) is 8.87. The van der Waals surface area contributed by atoms with Crippen molar-refractivity contribution in [2.45, 2.75) is 19.3 Å². The Hall–Kier alpha value is -1.18. The molecule has 1 amide bonds. The van der Waals surface area contributed by atoms with Crippen LogP contribution in [0.2, 0.25) is 0 Å². The lowest BCUT2D eigenvalue weighted by Gasteiger charge is -2.06. The molecular formula is C14H12BrNO3S2. The van der Waals surface area contributed by atoms with Crippen LogP contribution in [0.3, 0.4) is 0 Å². The van der Waals surface area contributed by atoms with Crippen molar-refractivity contribution in [1.82, 2.24) is 0 Å². The molecular weight excluding hydrogens is 374 g/mol. The van der Waals surface area contributed by atoms with Crippen LogP contribution >= 0.6 is 38.6 Å². The van der Waals surface area contributed by atoms with Crippen LogP contribution in [0, 0.1) is 0 Å². The summed E-state index contributed by atoms with van der Waals surface area (Å²) in [5.41, 5.74) is 2.14. The molecule has 21 heavy (non-hydrogen) atoms. The van der Waals surface area contributed by atoms with Gasteiger partial charge in [-0.1, -0.05) is 0 Å². The number of carbonyl (C=O) groups is 2. The normalized spacial score (nSPS) is 13.0. The fourth-order valence-electron chi connectivity index (χ4n) is 2.41. The number of carbonyl (C=O) groups excluding carboxylic acids is 2. The average molecular weight is 386 g/mol. The van der Waals surface area contributed by atoms with Crippen LogP contribution < -0.4 is 5.32 Å². The van der Waals surface area contributed by atoms with Crippen LogP contribution in [-0.4, -0.2) is 19.0 Å². The van der Waals surface area contributed by atoms with Crippen LogP contribution in [0.5, 0.6) is 0 Å². The highest BCUT2D eigenvalue weighted by Crippen LogP contribution is 2.39. The summed E-state index contributed by atoms with van der Waals surface area (Å²) in [6.07, 6.45) is 2.89. The second-order valence-corrected chi connectivity index (χ2v) is 8.04. The van der Waals surface area contributed by atoms with E-state index in [2.05, 4.69) is 21.2 Å². The minimum atomic E-state index is -0.379. The number of esters is 1. The van der Waals surface area contributed by atoms with Crippen molar-refractivity contribution in [3.8, 4) is 0 Å². The van der Waals surface area contributed by atoms with Crippen LogP contribution in [0.15, 0.2) is 15.2 Å². The topological polar surface area (TPSA) is 55.4 Å². The van der Waals surface area contributed by atoms with E-state index in [1.165, 1.54) is 34.7 Å². The van der Waals surface area contributed by atoms with Gasteiger partial charge in [0.15, 0.2) is 0 Å². The molecule has 2 heterocycles. The molecule has 0 fully saturated rings. The zero-order chi connectivity index (χ0) is 15.0. The second-order valence-electron chi connectivity index (χ2n) is 4.65. The Morgan fingerprint density at radius 1 is 1.38 bits per heavy atom. The summed E-state index contributed by atoms with van der Waals surface area (Å²) >= 11 is 6.27. The molecule has 0 atom stereocenters. The molecule has 110 valence electrons. The molecule has 0 aromatic carbocycles. The third-order valence-corrected chi connectivity index (χ3v) is 6.08. The van der Waals surface area contributed by atoms with Gasteiger partial charge in [0.25, 0.3) is 5.91 Å². The van der Waals surface area contributed by atoms with Crippen molar-refractivity contribution in [3.05, 3.63) is 36.8 Å². The maximum Gasteiger partial charge on any atom is 0.341 e. The number of hydrogen-bond donors (Lipinski definition) is 1. The van der Waals surface area contributed by atoms with Gasteiger partial charge in [0, 0.05) is 10.3 Å². The number of fused-ring (bicyclic) bond motifs is 1. The molecule has 0 radical (unpaired) electrons. The van der Waals surface area contributed by atoms with Gasteiger partial charge in [-0.2, -0.15) is 0 Å². The molecule has 2 aromatic heterocycles. The van der Waals surface area contributed by atoms with Crippen molar-refractivity contribution in [2.24, 2.45) is 0 Å². The molecule has 1 N–H and O–H groups in total. The Balaban J connectivity index is 1.92. The summed E-state index contributed by atoms with van der Waals surface area (Å²) in [6.45, 7) is 0. The van der Waals surface area contributed by atoms with Crippen LogP contribution in [0.1, 0.15) is 37.6 Å². The Labute approximate surface area is 138 Å². The van der Waals surface area contributed by atoms with E-state index in [0.717, 1.165) is 28.6 Å². The number of methoxy groups -OCH3 is 1. The van der Waals surface area contributed by atoms with E-state index in [0.29, 0.717) is 16.1 Å². The van der Waals surface area contributed by atoms with Crippen LogP contribution in [0.25, 0.3) is 0 Å². The Kier molecular flexibility index (Phi) is 4.14. The number of rotatable bonds is 3. The summed E-state index contributed by atoms with van der Waals surface area (Å²) in [5, 5.41) is 5.22. The second kappa shape index (κ2) is 5.90. The maximum absolute atomic E-state index is 12.2. The van der Waals surface area contributed by atoms with Gasteiger partial charge >= 0.3 is 5.97 Å². The number of thiophene rings is 2. The quantitative estimate of drug-likeness (QED) is 0.809. The van der Waals surface area contributed by atoms with E-state index >= 15 is 0 Å². The molecule has 0 bridgehead atoms. The number of hydrogen-bond acceptors (Lipinski definition) is 5. The first kappa shape index (κ1) is 14.7. The third kappa shape index (κ3) is 2.77. The maximum atomic E-state index is 12.2. The van der Waals surface area contributed by atoms with Gasteiger partial charge < -0.3 is 10.1 Å². The summed E-state index contributed by atoms with van der Waals surface area (Å²) in [5.74, 6) is -0.585. The number of aryl methyl sites for hydroxylation is 1. The lowest BCUT2D eigenvalue weighted by Crippen LogP contribution is -2.13. The summed E-state index contributed by atoms with van der Waals surface area (Å²) in [4.78, 5) is 25.4. The van der Waals surface area contributed by atoms with E-state index in [1.807, 2.05) is 0 Å². The predicted octanol–water partition coefficient (Wildman–Crippen LogP) is 4.10. The van der Waals surface area contributed by atoms with Crippen molar-refractivity contribution in [3.63, 3.8) is 0 Å². The summed E-state index contributed by atoms with van der Waals surface area (Å²) in [6, 6.07) is 1.76. The van der Waals surface area contributed by atoms with Gasteiger partial charge in [0.1, 0.15) is 5.00 Å². The molecule has 2 aromatic rings. The Morgan fingerprint density at radius 3 is 2.86 bits per heavy atom. The molecule has 1 aliphatic rings. The SMILES string of the molecule is COC(=O)c1c(NC(=O)c2csc(Br)c2)sc2c1CCC2. The monoisotopic (exact) mass is 385 g/mol. The largest absolute Gasteiger partial charge is 0.465 e. The molecule has 7 heteroatoms. The molecule has 0 spiro atoms. The smallest absolute Gasteiger partial charge is 0.341 e. The highest BCUT2D eigenvalue weighted by Gasteiger charge is 2.28. The van der Waals surface area contributed by atoms with Crippen molar-refractivity contribution >= 4 is 55.5 Å². The van der Waals surface area contributed by atoms with Gasteiger partial charge in [-0.05, 0) is 46.8 Å². The average Bonchev–Trinajstić information content (AvgIpc) is 3.13.